The molecule has 2 nitrogen and oxygen atoms in total. The lowest BCUT2D eigenvalue weighted by atomic mass is 10.1. The molecule has 0 aliphatic heterocycles. The molecule has 0 aromatic rings. The largest absolute Gasteiger partial charge is 0.395 e. The maximum Gasteiger partial charge on any atom is 0.317 e. The van der Waals surface area contributed by atoms with Gasteiger partial charge in [0.05, 0.1) is 0 Å². The van der Waals surface area contributed by atoms with Crippen LogP contribution in [0.1, 0.15) is 45.4 Å². The van der Waals surface area contributed by atoms with E-state index in [1.807, 2.05) is 0 Å². The van der Waals surface area contributed by atoms with Gasteiger partial charge in [0.25, 0.3) is 0 Å². The summed E-state index contributed by atoms with van der Waals surface area (Å²) in [6.07, 6.45) is 6.27. The van der Waals surface area contributed by atoms with Crippen LogP contribution in [-0.2, 0) is 8.98 Å². The molecule has 0 aliphatic rings. The van der Waals surface area contributed by atoms with Gasteiger partial charge in [0.1, 0.15) is 0 Å². The molecule has 66 valence electrons. The minimum absolute atomic E-state index is 0.218. The van der Waals surface area contributed by atoms with Crippen LogP contribution in [0.15, 0.2) is 0 Å². The molecule has 0 saturated heterocycles. The minimum atomic E-state index is -0.218. The third-order valence-electron chi connectivity index (χ3n) is 1.59. The highest BCUT2D eigenvalue weighted by Gasteiger charge is 1.98. The molecule has 0 radical (unpaired) electrons. The number of thiol groups is 1. The van der Waals surface area contributed by atoms with Gasteiger partial charge in [-0.05, 0) is 6.42 Å². The first-order valence-electron chi connectivity index (χ1n) is 4.15. The number of rotatable bonds is 6. The zero-order chi connectivity index (χ0) is 8.53. The molecule has 11 heavy (non-hydrogen) atoms. The van der Waals surface area contributed by atoms with Crippen LogP contribution in [0.2, 0.25) is 0 Å². The van der Waals surface area contributed by atoms with Gasteiger partial charge in [0, 0.05) is 19.3 Å². The molecule has 0 unspecified atom stereocenters. The predicted octanol–water partition coefficient (Wildman–Crippen LogP) is 2.73. The van der Waals surface area contributed by atoms with E-state index in [1.54, 1.807) is 0 Å². The lowest BCUT2D eigenvalue weighted by Crippen LogP contribution is -1.95. The molecule has 0 spiro atoms. The Morgan fingerprint density at radius 3 is 2.45 bits per heavy atom. The van der Waals surface area contributed by atoms with Crippen molar-refractivity contribution in [2.75, 3.05) is 0 Å². The summed E-state index contributed by atoms with van der Waals surface area (Å²) in [7, 11) is 0. The van der Waals surface area contributed by atoms with Gasteiger partial charge in [0.2, 0.25) is 0 Å². The summed E-state index contributed by atoms with van der Waals surface area (Å²) >= 11 is 3.41. The van der Waals surface area contributed by atoms with E-state index >= 15 is 0 Å². The molecule has 0 fully saturated rings. The van der Waals surface area contributed by atoms with Gasteiger partial charge in [-0.2, -0.15) is 0 Å². The lowest BCUT2D eigenvalue weighted by Gasteiger charge is -1.97. The fourth-order valence-electron chi connectivity index (χ4n) is 0.919. The van der Waals surface area contributed by atoms with Crippen LogP contribution in [0.3, 0.4) is 0 Å². The molecule has 0 bridgehead atoms. The average Bonchev–Trinajstić information content (AvgIpc) is 2.04. The smallest absolute Gasteiger partial charge is 0.317 e. The second kappa shape index (κ2) is 7.92. The van der Waals surface area contributed by atoms with Crippen molar-refractivity contribution in [3.05, 3.63) is 0 Å². The van der Waals surface area contributed by atoms with E-state index in [1.165, 1.54) is 19.3 Å². The summed E-state index contributed by atoms with van der Waals surface area (Å²) in [5.74, 6) is -0.218. The van der Waals surface area contributed by atoms with Gasteiger partial charge in [-0.15, -0.1) is 0 Å². The fraction of sp³-hybridized carbons (Fsp3) is 0.875. The van der Waals surface area contributed by atoms with Crippen molar-refractivity contribution in [3.8, 4) is 0 Å². The topological polar surface area (TPSA) is 26.3 Å². The van der Waals surface area contributed by atoms with E-state index in [-0.39, 0.29) is 5.97 Å². The number of carbonyl (C=O) groups excluding carboxylic acids is 1. The summed E-state index contributed by atoms with van der Waals surface area (Å²) in [6.45, 7) is 2.17. The molecular weight excluding hydrogens is 160 g/mol. The van der Waals surface area contributed by atoms with Crippen molar-refractivity contribution in [1.29, 1.82) is 0 Å². The van der Waals surface area contributed by atoms with Crippen molar-refractivity contribution >= 4 is 18.9 Å². The summed E-state index contributed by atoms with van der Waals surface area (Å²) < 4.78 is 4.21. The van der Waals surface area contributed by atoms with Gasteiger partial charge in [-0.1, -0.05) is 32.6 Å². The van der Waals surface area contributed by atoms with E-state index in [0.29, 0.717) is 6.42 Å². The van der Waals surface area contributed by atoms with Crippen LogP contribution in [0.25, 0.3) is 0 Å². The fourth-order valence-corrected chi connectivity index (χ4v) is 1.01. The molecule has 0 N–H and O–H groups in total. The van der Waals surface area contributed by atoms with E-state index in [0.717, 1.165) is 12.8 Å². The second-order valence-electron chi connectivity index (χ2n) is 2.63. The van der Waals surface area contributed by atoms with Gasteiger partial charge >= 0.3 is 5.97 Å². The van der Waals surface area contributed by atoms with Gasteiger partial charge in [-0.25, -0.2) is 0 Å². The van der Waals surface area contributed by atoms with Crippen molar-refractivity contribution in [2.45, 2.75) is 45.4 Å². The Morgan fingerprint density at radius 2 is 1.91 bits per heavy atom. The zero-order valence-electron chi connectivity index (χ0n) is 7.01. The molecule has 0 saturated carbocycles. The molecular formula is C8H16O2S. The Balaban J connectivity index is 2.95. The highest BCUT2D eigenvalue weighted by atomic mass is 32.1. The van der Waals surface area contributed by atoms with Crippen LogP contribution in [0.5, 0.6) is 0 Å². The molecule has 0 amide bonds. The Kier molecular flexibility index (Phi) is 7.79. The predicted molar refractivity (Wildman–Crippen MR) is 48.5 cm³/mol. The zero-order valence-corrected chi connectivity index (χ0v) is 7.90. The van der Waals surface area contributed by atoms with Gasteiger partial charge < -0.3 is 4.18 Å². The first-order valence-corrected chi connectivity index (χ1v) is 4.52. The van der Waals surface area contributed by atoms with E-state index in [2.05, 4.69) is 24.0 Å². The first-order chi connectivity index (χ1) is 5.31. The maximum absolute atomic E-state index is 10.5. The van der Waals surface area contributed by atoms with E-state index in [4.69, 9.17) is 0 Å². The molecule has 3 heteroatoms. The third-order valence-corrected chi connectivity index (χ3v) is 1.79. The quantitative estimate of drug-likeness (QED) is 0.382. The Hall–Kier alpha value is -0.180. The first kappa shape index (κ1) is 10.8. The average molecular weight is 176 g/mol. The molecule has 0 aromatic heterocycles. The number of hydrogen-bond donors (Lipinski definition) is 1. The lowest BCUT2D eigenvalue weighted by molar-refractivity contribution is -0.132. The highest BCUT2D eigenvalue weighted by molar-refractivity contribution is 7.75. The van der Waals surface area contributed by atoms with Crippen molar-refractivity contribution in [2.24, 2.45) is 0 Å². The number of unbranched alkanes of at least 4 members (excludes halogenated alkanes) is 4. The normalized spacial score (nSPS) is 9.64. The highest BCUT2D eigenvalue weighted by Crippen LogP contribution is 2.05. The summed E-state index contributed by atoms with van der Waals surface area (Å²) in [5, 5.41) is 0. The maximum atomic E-state index is 10.5. The minimum Gasteiger partial charge on any atom is -0.395 e. The van der Waals surface area contributed by atoms with Crippen LogP contribution in [0.4, 0.5) is 0 Å². The molecule has 0 heterocycles. The molecule has 0 atom stereocenters. The SMILES string of the molecule is CCCCCCCC(=O)OS. The standard InChI is InChI=1S/C8H16O2S/c1-2-3-4-5-6-7-8(9)10-11/h11H,2-7H2,1H3. The Bertz CT molecular complexity index is 104. The van der Waals surface area contributed by atoms with Crippen LogP contribution in [0, 0.1) is 0 Å². The molecule has 0 aliphatic carbocycles. The number of carbonyl (C=O) groups is 1. The summed E-state index contributed by atoms with van der Waals surface area (Å²) in [6, 6.07) is 0. The Morgan fingerprint density at radius 1 is 1.27 bits per heavy atom. The molecule has 0 rings (SSSR count). The van der Waals surface area contributed by atoms with Crippen LogP contribution in [-0.4, -0.2) is 5.97 Å². The van der Waals surface area contributed by atoms with Crippen molar-refractivity contribution < 1.29 is 8.98 Å². The monoisotopic (exact) mass is 176 g/mol. The Labute approximate surface area is 73.9 Å². The van der Waals surface area contributed by atoms with E-state index in [9.17, 15) is 4.79 Å². The van der Waals surface area contributed by atoms with Crippen LogP contribution >= 0.6 is 12.9 Å². The number of hydrogen-bond acceptors (Lipinski definition) is 3. The van der Waals surface area contributed by atoms with Gasteiger partial charge in [0.15, 0.2) is 0 Å². The van der Waals surface area contributed by atoms with Gasteiger partial charge in [-0.3, -0.25) is 4.79 Å². The summed E-state index contributed by atoms with van der Waals surface area (Å²) in [5.41, 5.74) is 0. The van der Waals surface area contributed by atoms with Crippen molar-refractivity contribution in [1.82, 2.24) is 0 Å². The van der Waals surface area contributed by atoms with Crippen LogP contribution < -0.4 is 0 Å². The van der Waals surface area contributed by atoms with Crippen molar-refractivity contribution in [3.63, 3.8) is 0 Å². The molecule has 0 aromatic carbocycles. The third kappa shape index (κ3) is 7.72. The summed E-state index contributed by atoms with van der Waals surface area (Å²) in [4.78, 5) is 10.5. The van der Waals surface area contributed by atoms with E-state index < -0.39 is 0 Å². The second-order valence-corrected chi connectivity index (χ2v) is 2.81.